The number of primary amides is 1. The number of amides is 1. The fourth-order valence-corrected chi connectivity index (χ4v) is 2.55. The molecule has 112 valence electrons. The molecule has 0 saturated carbocycles. The number of nitrogens with zero attached hydrogens (tertiary/aromatic N) is 3. The maximum Gasteiger partial charge on any atom is 0.217 e. The summed E-state index contributed by atoms with van der Waals surface area (Å²) in [4.78, 5) is 11.0. The molecule has 2 rings (SSSR count). The number of carbonyl (C=O) groups is 1. The van der Waals surface area contributed by atoms with Crippen molar-refractivity contribution in [2.45, 2.75) is 31.5 Å². The molecular weight excluding hydrogens is 288 g/mol. The smallest absolute Gasteiger partial charge is 0.217 e. The largest absolute Gasteiger partial charge is 0.467 e. The molecule has 0 radical (unpaired) electrons. The zero-order chi connectivity index (χ0) is 15.2. The summed E-state index contributed by atoms with van der Waals surface area (Å²) in [5.74, 6) is 1.96. The SMILES string of the molecule is C=C(C)CSc1nnc(CCC(N)=O)n1Cc1ccco1. The van der Waals surface area contributed by atoms with Crippen LogP contribution in [0.25, 0.3) is 0 Å². The number of thioether (sulfide) groups is 1. The van der Waals surface area contributed by atoms with E-state index >= 15 is 0 Å². The lowest BCUT2D eigenvalue weighted by Gasteiger charge is -2.08. The van der Waals surface area contributed by atoms with Crippen molar-refractivity contribution in [3.05, 3.63) is 42.1 Å². The van der Waals surface area contributed by atoms with E-state index in [2.05, 4.69) is 16.8 Å². The zero-order valence-corrected chi connectivity index (χ0v) is 12.7. The van der Waals surface area contributed by atoms with Gasteiger partial charge in [0.05, 0.1) is 12.8 Å². The summed E-state index contributed by atoms with van der Waals surface area (Å²) in [5.41, 5.74) is 6.26. The van der Waals surface area contributed by atoms with Gasteiger partial charge in [-0.1, -0.05) is 23.9 Å². The number of rotatable bonds is 8. The second kappa shape index (κ2) is 7.12. The second-order valence-electron chi connectivity index (χ2n) is 4.78. The van der Waals surface area contributed by atoms with Crippen LogP contribution in [-0.4, -0.2) is 26.4 Å². The van der Waals surface area contributed by atoms with Crippen molar-refractivity contribution in [1.82, 2.24) is 14.8 Å². The predicted molar refractivity (Wildman–Crippen MR) is 80.9 cm³/mol. The normalized spacial score (nSPS) is 10.7. The van der Waals surface area contributed by atoms with Gasteiger partial charge < -0.3 is 10.2 Å². The minimum atomic E-state index is -0.348. The van der Waals surface area contributed by atoms with E-state index in [9.17, 15) is 4.79 Å². The van der Waals surface area contributed by atoms with Crippen molar-refractivity contribution in [2.75, 3.05) is 5.75 Å². The molecule has 7 heteroatoms. The second-order valence-corrected chi connectivity index (χ2v) is 5.72. The highest BCUT2D eigenvalue weighted by atomic mass is 32.2. The van der Waals surface area contributed by atoms with Crippen LogP contribution in [0, 0.1) is 0 Å². The van der Waals surface area contributed by atoms with E-state index in [1.807, 2.05) is 23.6 Å². The van der Waals surface area contributed by atoms with Crippen molar-refractivity contribution in [3.63, 3.8) is 0 Å². The molecule has 2 N–H and O–H groups in total. The Morgan fingerprint density at radius 2 is 2.33 bits per heavy atom. The van der Waals surface area contributed by atoms with E-state index in [-0.39, 0.29) is 12.3 Å². The van der Waals surface area contributed by atoms with Crippen molar-refractivity contribution < 1.29 is 9.21 Å². The highest BCUT2D eigenvalue weighted by Gasteiger charge is 2.14. The Balaban J connectivity index is 2.19. The van der Waals surface area contributed by atoms with Crippen LogP contribution in [0.1, 0.15) is 24.9 Å². The summed E-state index contributed by atoms with van der Waals surface area (Å²) in [7, 11) is 0. The number of hydrogen-bond donors (Lipinski definition) is 1. The summed E-state index contributed by atoms with van der Waals surface area (Å²) in [6, 6.07) is 3.73. The van der Waals surface area contributed by atoms with Gasteiger partial charge in [0.25, 0.3) is 0 Å². The number of aromatic nitrogens is 3. The standard InChI is InChI=1S/C14H18N4O2S/c1-10(2)9-21-14-17-16-13(6-5-12(15)19)18(14)8-11-4-3-7-20-11/h3-4,7H,1,5-6,8-9H2,2H3,(H2,15,19). The maximum atomic E-state index is 11.0. The van der Waals surface area contributed by atoms with Crippen LogP contribution in [0.3, 0.4) is 0 Å². The van der Waals surface area contributed by atoms with Gasteiger partial charge in [-0.3, -0.25) is 9.36 Å². The first-order chi connectivity index (χ1) is 10.1. The monoisotopic (exact) mass is 306 g/mol. The van der Waals surface area contributed by atoms with E-state index in [1.54, 1.807) is 18.0 Å². The molecule has 6 nitrogen and oxygen atoms in total. The highest BCUT2D eigenvalue weighted by molar-refractivity contribution is 7.99. The minimum absolute atomic E-state index is 0.251. The van der Waals surface area contributed by atoms with Crippen LogP contribution in [0.15, 0.2) is 40.1 Å². The molecule has 0 unspecified atom stereocenters. The molecule has 21 heavy (non-hydrogen) atoms. The zero-order valence-electron chi connectivity index (χ0n) is 11.9. The molecule has 0 fully saturated rings. The van der Waals surface area contributed by atoms with Gasteiger partial charge in [-0.2, -0.15) is 0 Å². The molecule has 2 heterocycles. The Hall–Kier alpha value is -2.02. The topological polar surface area (TPSA) is 86.9 Å². The van der Waals surface area contributed by atoms with Gasteiger partial charge >= 0.3 is 0 Å². The highest BCUT2D eigenvalue weighted by Crippen LogP contribution is 2.21. The van der Waals surface area contributed by atoms with E-state index < -0.39 is 0 Å². The Morgan fingerprint density at radius 3 is 2.95 bits per heavy atom. The van der Waals surface area contributed by atoms with Crippen LogP contribution < -0.4 is 5.73 Å². The Morgan fingerprint density at radius 1 is 1.52 bits per heavy atom. The number of hydrogen-bond acceptors (Lipinski definition) is 5. The summed E-state index contributed by atoms with van der Waals surface area (Å²) >= 11 is 1.56. The number of carbonyl (C=O) groups excluding carboxylic acids is 1. The number of furan rings is 1. The Bertz CT molecular complexity index is 583. The lowest BCUT2D eigenvalue weighted by atomic mass is 10.3. The van der Waals surface area contributed by atoms with Crippen LogP contribution >= 0.6 is 11.8 Å². The quantitative estimate of drug-likeness (QED) is 0.595. The molecule has 0 saturated heterocycles. The fourth-order valence-electron chi connectivity index (χ4n) is 1.75. The molecule has 0 aliphatic rings. The van der Waals surface area contributed by atoms with E-state index in [0.29, 0.717) is 13.0 Å². The molecule has 0 aromatic carbocycles. The van der Waals surface area contributed by atoms with E-state index in [1.165, 1.54) is 0 Å². The van der Waals surface area contributed by atoms with E-state index in [0.717, 1.165) is 28.1 Å². The Labute approximate surface area is 127 Å². The van der Waals surface area contributed by atoms with Gasteiger partial charge in [0.1, 0.15) is 11.6 Å². The van der Waals surface area contributed by atoms with E-state index in [4.69, 9.17) is 10.2 Å². The van der Waals surface area contributed by atoms with Crippen molar-refractivity contribution >= 4 is 17.7 Å². The summed E-state index contributed by atoms with van der Waals surface area (Å²) in [6.45, 7) is 6.38. The first kappa shape index (κ1) is 15.4. The third-order valence-corrected chi connectivity index (χ3v) is 3.93. The first-order valence-corrected chi connectivity index (χ1v) is 7.54. The van der Waals surface area contributed by atoms with Gasteiger partial charge in [-0.05, 0) is 19.1 Å². The van der Waals surface area contributed by atoms with Crippen molar-refractivity contribution in [2.24, 2.45) is 5.73 Å². The van der Waals surface area contributed by atoms with Gasteiger partial charge in [-0.25, -0.2) is 0 Å². The van der Waals surface area contributed by atoms with Crippen LogP contribution in [0.4, 0.5) is 0 Å². The maximum absolute atomic E-state index is 11.0. The van der Waals surface area contributed by atoms with Crippen LogP contribution in [-0.2, 0) is 17.8 Å². The van der Waals surface area contributed by atoms with Crippen molar-refractivity contribution in [3.8, 4) is 0 Å². The van der Waals surface area contributed by atoms with Gasteiger partial charge in [-0.15, -0.1) is 10.2 Å². The molecule has 2 aromatic heterocycles. The lowest BCUT2D eigenvalue weighted by Crippen LogP contribution is -2.14. The third kappa shape index (κ3) is 4.49. The number of aryl methyl sites for hydroxylation is 1. The molecule has 1 amide bonds. The average Bonchev–Trinajstić information content (AvgIpc) is 3.05. The molecule has 0 aliphatic heterocycles. The fraction of sp³-hybridized carbons (Fsp3) is 0.357. The summed E-state index contributed by atoms with van der Waals surface area (Å²) in [6.07, 6.45) is 2.35. The number of nitrogens with two attached hydrogens (primary N) is 1. The molecule has 2 aromatic rings. The molecule has 0 spiro atoms. The Kier molecular flexibility index (Phi) is 5.21. The van der Waals surface area contributed by atoms with Crippen LogP contribution in [0.5, 0.6) is 0 Å². The average molecular weight is 306 g/mol. The van der Waals surface area contributed by atoms with Gasteiger partial charge in [0, 0.05) is 18.6 Å². The molecule has 0 aliphatic carbocycles. The molecule has 0 bridgehead atoms. The third-order valence-electron chi connectivity index (χ3n) is 2.73. The first-order valence-electron chi connectivity index (χ1n) is 6.56. The predicted octanol–water partition coefficient (Wildman–Crippen LogP) is 2.01. The summed E-state index contributed by atoms with van der Waals surface area (Å²) in [5, 5.41) is 9.13. The van der Waals surface area contributed by atoms with Crippen molar-refractivity contribution in [1.29, 1.82) is 0 Å². The summed E-state index contributed by atoms with van der Waals surface area (Å²) < 4.78 is 7.33. The molecule has 0 atom stereocenters. The molecular formula is C14H18N4O2S. The van der Waals surface area contributed by atoms with Gasteiger partial charge in [0.15, 0.2) is 5.16 Å². The minimum Gasteiger partial charge on any atom is -0.467 e. The van der Waals surface area contributed by atoms with Crippen LogP contribution in [0.2, 0.25) is 0 Å². The van der Waals surface area contributed by atoms with Gasteiger partial charge in [0.2, 0.25) is 5.91 Å². The lowest BCUT2D eigenvalue weighted by molar-refractivity contribution is -0.118.